The molecule has 0 spiro atoms. The number of hydrogen-bond acceptors (Lipinski definition) is 2. The van der Waals surface area contributed by atoms with Crippen LogP contribution in [0.5, 0.6) is 0 Å². The van der Waals surface area contributed by atoms with Gasteiger partial charge < -0.3 is 0 Å². The van der Waals surface area contributed by atoms with Crippen molar-refractivity contribution in [1.29, 1.82) is 0 Å². The van der Waals surface area contributed by atoms with Crippen LogP contribution in [0, 0.1) is 6.42 Å². The Labute approximate surface area is 73.7 Å². The Morgan fingerprint density at radius 3 is 3.09 bits per heavy atom. The minimum absolute atomic E-state index is 1.03. The topological polar surface area (TPSA) is 12.4 Å². The Balaban J connectivity index is 1.94. The summed E-state index contributed by atoms with van der Waals surface area (Å²) in [6.07, 6.45) is 7.50. The Kier molecular flexibility index (Phi) is 4.67. The predicted octanol–water partition coefficient (Wildman–Crippen LogP) is 2.92. The minimum atomic E-state index is 1.03. The third-order valence-corrected chi connectivity index (χ3v) is 2.71. The van der Waals surface area contributed by atoms with E-state index in [1.54, 1.807) is 0 Å². The monoisotopic (exact) mass is 170 g/mol. The van der Waals surface area contributed by atoms with E-state index in [1.165, 1.54) is 36.5 Å². The molecule has 0 aliphatic carbocycles. The lowest BCUT2D eigenvalue weighted by molar-refractivity contribution is 0.721. The van der Waals surface area contributed by atoms with Crippen molar-refractivity contribution in [3.05, 3.63) is 6.42 Å². The summed E-state index contributed by atoms with van der Waals surface area (Å²) in [6.45, 7) is 3.27. The van der Waals surface area contributed by atoms with Gasteiger partial charge in [0.1, 0.15) is 0 Å². The molecule has 0 saturated carbocycles. The normalized spacial score (nSPS) is 17.0. The fourth-order valence-electron chi connectivity index (χ4n) is 1.10. The Bertz CT molecular complexity index is 132. The first kappa shape index (κ1) is 9.11. The Morgan fingerprint density at radius 2 is 2.45 bits per heavy atom. The van der Waals surface area contributed by atoms with Crippen LogP contribution in [0.1, 0.15) is 32.6 Å². The summed E-state index contributed by atoms with van der Waals surface area (Å²) in [4.78, 5) is 4.36. The van der Waals surface area contributed by atoms with E-state index < -0.39 is 0 Å². The van der Waals surface area contributed by atoms with Crippen LogP contribution in [0.15, 0.2) is 4.99 Å². The lowest BCUT2D eigenvalue weighted by Gasteiger charge is -1.97. The van der Waals surface area contributed by atoms with Crippen molar-refractivity contribution in [2.45, 2.75) is 32.6 Å². The largest absolute Gasteiger partial charge is 0.282 e. The molecule has 0 fully saturated rings. The number of unbranched alkanes of at least 4 members (excludes halogenated alkanes) is 3. The summed E-state index contributed by atoms with van der Waals surface area (Å²) >= 11 is 1.89. The molecule has 1 rings (SSSR count). The molecule has 0 aromatic rings. The molecule has 0 bridgehead atoms. The molecule has 0 aromatic carbocycles. The summed E-state index contributed by atoms with van der Waals surface area (Å²) in [5.74, 6) is 1.19. The molecule has 11 heavy (non-hydrogen) atoms. The second-order valence-corrected chi connectivity index (χ2v) is 3.88. The van der Waals surface area contributed by atoms with E-state index in [-0.39, 0.29) is 0 Å². The maximum atomic E-state index is 4.36. The van der Waals surface area contributed by atoms with Crippen molar-refractivity contribution in [3.8, 4) is 0 Å². The van der Waals surface area contributed by atoms with Crippen molar-refractivity contribution in [2.24, 2.45) is 4.99 Å². The van der Waals surface area contributed by atoms with E-state index in [0.717, 1.165) is 6.54 Å². The standard InChI is InChI=1S/C9H16NS/c1-2-3-4-5-6-9-10-7-8-11-9/h6H,2-5,7-8H2,1H3. The number of nitrogens with zero attached hydrogens (tertiary/aromatic N) is 1. The average molecular weight is 170 g/mol. The number of hydrogen-bond donors (Lipinski definition) is 0. The molecule has 63 valence electrons. The maximum Gasteiger partial charge on any atom is 0.0714 e. The van der Waals surface area contributed by atoms with E-state index in [9.17, 15) is 0 Å². The van der Waals surface area contributed by atoms with Gasteiger partial charge in [-0.25, -0.2) is 0 Å². The van der Waals surface area contributed by atoms with Crippen molar-refractivity contribution < 1.29 is 0 Å². The molecule has 1 aliphatic rings. The highest BCUT2D eigenvalue weighted by molar-refractivity contribution is 8.14. The van der Waals surface area contributed by atoms with Gasteiger partial charge in [-0.2, -0.15) is 0 Å². The van der Waals surface area contributed by atoms with Gasteiger partial charge in [-0.15, -0.1) is 11.8 Å². The van der Waals surface area contributed by atoms with Crippen LogP contribution in [0.2, 0.25) is 0 Å². The van der Waals surface area contributed by atoms with Gasteiger partial charge in [0, 0.05) is 18.7 Å². The second-order valence-electron chi connectivity index (χ2n) is 2.77. The molecular weight excluding hydrogens is 154 g/mol. The molecule has 0 aromatic heterocycles. The molecule has 0 atom stereocenters. The van der Waals surface area contributed by atoms with E-state index in [4.69, 9.17) is 0 Å². The molecule has 1 heterocycles. The van der Waals surface area contributed by atoms with E-state index >= 15 is 0 Å². The van der Waals surface area contributed by atoms with Crippen molar-refractivity contribution in [3.63, 3.8) is 0 Å². The first-order valence-corrected chi connectivity index (χ1v) is 5.42. The molecule has 0 unspecified atom stereocenters. The first-order chi connectivity index (χ1) is 5.43. The quantitative estimate of drug-likeness (QED) is 0.578. The van der Waals surface area contributed by atoms with Crippen LogP contribution in [-0.2, 0) is 0 Å². The zero-order valence-corrected chi connectivity index (χ0v) is 7.99. The minimum Gasteiger partial charge on any atom is -0.282 e. The van der Waals surface area contributed by atoms with E-state index in [0.29, 0.717) is 0 Å². The lowest BCUT2D eigenvalue weighted by atomic mass is 10.2. The van der Waals surface area contributed by atoms with Gasteiger partial charge >= 0.3 is 0 Å². The summed E-state index contributed by atoms with van der Waals surface area (Å²) in [5.41, 5.74) is 0. The fourth-order valence-corrected chi connectivity index (χ4v) is 1.91. The van der Waals surface area contributed by atoms with E-state index in [1.807, 2.05) is 11.8 Å². The third kappa shape index (κ3) is 3.80. The number of rotatable bonds is 5. The predicted molar refractivity (Wildman–Crippen MR) is 53.2 cm³/mol. The molecule has 2 heteroatoms. The molecule has 0 amide bonds. The van der Waals surface area contributed by atoms with Crippen molar-refractivity contribution in [2.75, 3.05) is 12.3 Å². The maximum absolute atomic E-state index is 4.36. The van der Waals surface area contributed by atoms with Crippen LogP contribution >= 0.6 is 11.8 Å². The molecule has 1 nitrogen and oxygen atoms in total. The average Bonchev–Trinajstić information content (AvgIpc) is 2.50. The van der Waals surface area contributed by atoms with Crippen molar-refractivity contribution in [1.82, 2.24) is 0 Å². The van der Waals surface area contributed by atoms with Gasteiger partial charge in [0.15, 0.2) is 0 Å². The van der Waals surface area contributed by atoms with Gasteiger partial charge in [0.2, 0.25) is 0 Å². The van der Waals surface area contributed by atoms with Gasteiger partial charge in [-0.05, 0) is 6.42 Å². The summed E-state index contributed by atoms with van der Waals surface area (Å²) in [7, 11) is 0. The highest BCUT2D eigenvalue weighted by Crippen LogP contribution is 2.16. The molecule has 0 N–H and O–H groups in total. The Hall–Kier alpha value is 0.0200. The van der Waals surface area contributed by atoms with Gasteiger partial charge in [0.25, 0.3) is 0 Å². The van der Waals surface area contributed by atoms with Crippen LogP contribution in [0.25, 0.3) is 0 Å². The number of aliphatic imine (C=N–C) groups is 1. The first-order valence-electron chi connectivity index (χ1n) is 4.44. The van der Waals surface area contributed by atoms with Crippen LogP contribution in [0.4, 0.5) is 0 Å². The zero-order valence-electron chi connectivity index (χ0n) is 7.18. The summed E-state index contributed by atoms with van der Waals surface area (Å²) < 4.78 is 0. The van der Waals surface area contributed by atoms with E-state index in [2.05, 4.69) is 18.3 Å². The summed E-state index contributed by atoms with van der Waals surface area (Å²) in [6, 6.07) is 0. The summed E-state index contributed by atoms with van der Waals surface area (Å²) in [5, 5.41) is 1.28. The van der Waals surface area contributed by atoms with Gasteiger partial charge in [0.05, 0.1) is 5.04 Å². The molecule has 1 aliphatic heterocycles. The fraction of sp³-hybridized carbons (Fsp3) is 0.778. The van der Waals surface area contributed by atoms with Gasteiger partial charge in [-0.3, -0.25) is 4.99 Å². The smallest absolute Gasteiger partial charge is 0.0714 e. The molecular formula is C9H16NS. The van der Waals surface area contributed by atoms with Crippen LogP contribution in [0.3, 0.4) is 0 Å². The van der Waals surface area contributed by atoms with Crippen molar-refractivity contribution >= 4 is 16.8 Å². The van der Waals surface area contributed by atoms with Crippen LogP contribution in [-0.4, -0.2) is 17.3 Å². The highest BCUT2D eigenvalue weighted by Gasteiger charge is 2.05. The number of thioether (sulfide) groups is 1. The Morgan fingerprint density at radius 1 is 1.55 bits per heavy atom. The second kappa shape index (κ2) is 5.64. The SMILES string of the molecule is CCCCC[CH]C1=NCCS1. The van der Waals surface area contributed by atoms with Gasteiger partial charge in [-0.1, -0.05) is 26.2 Å². The lowest BCUT2D eigenvalue weighted by Crippen LogP contribution is -1.89. The molecule has 0 saturated heterocycles. The van der Waals surface area contributed by atoms with Crippen LogP contribution < -0.4 is 0 Å². The molecule has 1 radical (unpaired) electrons. The zero-order chi connectivity index (χ0) is 7.94. The highest BCUT2D eigenvalue weighted by atomic mass is 32.2. The third-order valence-electron chi connectivity index (χ3n) is 1.74.